The number of rotatable bonds is 4. The number of benzene rings is 1. The molecule has 1 aromatic rings. The van der Waals surface area contributed by atoms with E-state index < -0.39 is 23.7 Å². The smallest absolute Gasteiger partial charge is 0.247 e. The zero-order chi connectivity index (χ0) is 15.7. The lowest BCUT2D eigenvalue weighted by Crippen LogP contribution is -2.42. The molecule has 1 aliphatic rings. The Morgan fingerprint density at radius 1 is 1.19 bits per heavy atom. The summed E-state index contributed by atoms with van der Waals surface area (Å²) in [5.74, 6) is -1.97. The predicted molar refractivity (Wildman–Crippen MR) is 73.3 cm³/mol. The highest BCUT2D eigenvalue weighted by Crippen LogP contribution is 2.24. The third kappa shape index (κ3) is 2.95. The third-order valence-electron chi connectivity index (χ3n) is 3.58. The fourth-order valence-electron chi connectivity index (χ4n) is 2.63. The van der Waals surface area contributed by atoms with Crippen molar-refractivity contribution in [3.05, 3.63) is 35.4 Å². The molecule has 0 bridgehead atoms. The van der Waals surface area contributed by atoms with E-state index in [1.54, 1.807) is 20.8 Å². The molecule has 6 heteroatoms. The average Bonchev–Trinajstić information content (AvgIpc) is 2.63. The molecule has 0 aromatic heterocycles. The maximum atomic E-state index is 13.7. The van der Waals surface area contributed by atoms with Crippen LogP contribution in [0, 0.1) is 11.6 Å². The fourth-order valence-corrected chi connectivity index (χ4v) is 2.63. The Hall–Kier alpha value is -1.82. The van der Waals surface area contributed by atoms with E-state index in [1.165, 1.54) is 23.1 Å². The van der Waals surface area contributed by atoms with E-state index in [9.17, 15) is 18.4 Å². The highest BCUT2D eigenvalue weighted by atomic mass is 19.1. The van der Waals surface area contributed by atoms with Crippen molar-refractivity contribution in [2.75, 3.05) is 0 Å². The summed E-state index contributed by atoms with van der Waals surface area (Å²) < 4.78 is 27.4. The van der Waals surface area contributed by atoms with Gasteiger partial charge in [-0.3, -0.25) is 19.8 Å². The van der Waals surface area contributed by atoms with Gasteiger partial charge in [0.05, 0.1) is 12.5 Å². The fraction of sp³-hybridized carbons (Fsp3) is 0.467. The molecule has 0 aliphatic carbocycles. The van der Waals surface area contributed by atoms with Crippen LogP contribution in [0.2, 0.25) is 0 Å². The first-order valence-corrected chi connectivity index (χ1v) is 6.88. The molecular weight excluding hydrogens is 278 g/mol. The number of carbonyl (C=O) groups is 2. The molecular formula is C15H18F2N2O2. The number of hydrogen-bond acceptors (Lipinski definition) is 3. The summed E-state index contributed by atoms with van der Waals surface area (Å²) in [4.78, 5) is 25.1. The zero-order valence-electron chi connectivity index (χ0n) is 12.2. The summed E-state index contributed by atoms with van der Waals surface area (Å²) in [7, 11) is 0. The quantitative estimate of drug-likeness (QED) is 0.866. The van der Waals surface area contributed by atoms with Crippen molar-refractivity contribution in [3.8, 4) is 0 Å². The summed E-state index contributed by atoms with van der Waals surface area (Å²) in [5.41, 5.74) is -0.124. The van der Waals surface area contributed by atoms with E-state index >= 15 is 0 Å². The number of amides is 2. The molecule has 0 spiro atoms. The van der Waals surface area contributed by atoms with Crippen LogP contribution >= 0.6 is 0 Å². The van der Waals surface area contributed by atoms with Crippen molar-refractivity contribution in [2.45, 2.75) is 45.3 Å². The number of carbonyl (C=O) groups excluding carboxylic acids is 2. The Morgan fingerprint density at radius 3 is 2.24 bits per heavy atom. The van der Waals surface area contributed by atoms with E-state index in [4.69, 9.17) is 0 Å². The van der Waals surface area contributed by atoms with E-state index in [-0.39, 0.29) is 29.8 Å². The van der Waals surface area contributed by atoms with Crippen LogP contribution in [0.25, 0.3) is 0 Å². The molecule has 21 heavy (non-hydrogen) atoms. The number of halogens is 2. The number of imide groups is 1. The second-order valence-electron chi connectivity index (χ2n) is 5.48. The molecule has 0 saturated carbocycles. The molecule has 4 nitrogen and oxygen atoms in total. The first-order chi connectivity index (χ1) is 9.82. The molecule has 1 aromatic carbocycles. The highest BCUT2D eigenvalue weighted by Gasteiger charge is 2.40. The van der Waals surface area contributed by atoms with Gasteiger partial charge in [0.1, 0.15) is 11.6 Å². The van der Waals surface area contributed by atoms with Gasteiger partial charge in [0.25, 0.3) is 0 Å². The molecule has 0 radical (unpaired) electrons. The molecule has 2 atom stereocenters. The Labute approximate surface area is 122 Å². The molecule has 2 rings (SSSR count). The van der Waals surface area contributed by atoms with Crippen LogP contribution in [0.15, 0.2) is 18.2 Å². The molecule has 1 saturated heterocycles. The van der Waals surface area contributed by atoms with Gasteiger partial charge < -0.3 is 0 Å². The zero-order valence-corrected chi connectivity index (χ0v) is 12.2. The van der Waals surface area contributed by atoms with Gasteiger partial charge in [-0.2, -0.15) is 0 Å². The first-order valence-electron chi connectivity index (χ1n) is 6.88. The van der Waals surface area contributed by atoms with E-state index in [2.05, 4.69) is 5.32 Å². The summed E-state index contributed by atoms with van der Waals surface area (Å²) in [6, 6.07) is 1.94. The Balaban J connectivity index is 2.16. The Kier molecular flexibility index (Phi) is 4.37. The van der Waals surface area contributed by atoms with Gasteiger partial charge in [-0.1, -0.05) is 6.07 Å². The minimum absolute atomic E-state index is 0.0113. The maximum absolute atomic E-state index is 13.7. The van der Waals surface area contributed by atoms with Crippen molar-refractivity contribution in [1.29, 1.82) is 0 Å². The van der Waals surface area contributed by atoms with Crippen LogP contribution in [-0.4, -0.2) is 28.8 Å². The first kappa shape index (κ1) is 15.6. The topological polar surface area (TPSA) is 49.4 Å². The normalized spacial score (nSPS) is 20.5. The van der Waals surface area contributed by atoms with Crippen LogP contribution in [0.1, 0.15) is 38.8 Å². The van der Waals surface area contributed by atoms with Crippen LogP contribution in [0.3, 0.4) is 0 Å². The van der Waals surface area contributed by atoms with Crippen molar-refractivity contribution in [3.63, 3.8) is 0 Å². The number of nitrogens with one attached hydrogen (secondary N) is 1. The molecule has 114 valence electrons. The molecule has 1 fully saturated rings. The van der Waals surface area contributed by atoms with Crippen molar-refractivity contribution >= 4 is 11.8 Å². The van der Waals surface area contributed by atoms with Crippen molar-refractivity contribution in [1.82, 2.24) is 10.2 Å². The monoisotopic (exact) mass is 296 g/mol. The SMILES string of the molecule is CC(NC1CC(=O)N(C(C)C)C1=O)c1c(F)cccc1F. The Bertz CT molecular complexity index is 555. The van der Waals surface area contributed by atoms with Crippen LogP contribution in [-0.2, 0) is 9.59 Å². The van der Waals surface area contributed by atoms with Gasteiger partial charge in [0, 0.05) is 17.6 Å². The summed E-state index contributed by atoms with van der Waals surface area (Å²) in [5, 5.41) is 2.85. The highest BCUT2D eigenvalue weighted by molar-refractivity contribution is 6.05. The van der Waals surface area contributed by atoms with Crippen LogP contribution in [0.4, 0.5) is 8.78 Å². The van der Waals surface area contributed by atoms with Gasteiger partial charge >= 0.3 is 0 Å². The number of likely N-dealkylation sites (tertiary alicyclic amines) is 1. The van der Waals surface area contributed by atoms with Gasteiger partial charge in [-0.15, -0.1) is 0 Å². The lowest BCUT2D eigenvalue weighted by atomic mass is 10.1. The van der Waals surface area contributed by atoms with Gasteiger partial charge in [0.15, 0.2) is 0 Å². The lowest BCUT2D eigenvalue weighted by Gasteiger charge is -2.21. The summed E-state index contributed by atoms with van der Waals surface area (Å²) in [6.07, 6.45) is 0.0113. The minimum atomic E-state index is -0.742. The standard InChI is InChI=1S/C15H18F2N2O2/c1-8(2)19-13(20)7-12(15(19)21)18-9(3)14-10(16)5-4-6-11(14)17/h4-6,8-9,12,18H,7H2,1-3H3. The van der Waals surface area contributed by atoms with E-state index in [1.807, 2.05) is 0 Å². The van der Waals surface area contributed by atoms with E-state index in [0.29, 0.717) is 0 Å². The van der Waals surface area contributed by atoms with Gasteiger partial charge in [0.2, 0.25) is 11.8 Å². The minimum Gasteiger partial charge on any atom is -0.299 e. The third-order valence-corrected chi connectivity index (χ3v) is 3.58. The van der Waals surface area contributed by atoms with Crippen LogP contribution < -0.4 is 5.32 Å². The molecule has 1 N–H and O–H groups in total. The second-order valence-corrected chi connectivity index (χ2v) is 5.48. The number of hydrogen-bond donors (Lipinski definition) is 1. The molecule has 1 aliphatic heterocycles. The van der Waals surface area contributed by atoms with Gasteiger partial charge in [-0.05, 0) is 32.9 Å². The Morgan fingerprint density at radius 2 is 1.76 bits per heavy atom. The molecule has 2 amide bonds. The van der Waals surface area contributed by atoms with E-state index in [0.717, 1.165) is 0 Å². The largest absolute Gasteiger partial charge is 0.299 e. The van der Waals surface area contributed by atoms with Crippen LogP contribution in [0.5, 0.6) is 0 Å². The molecule has 1 heterocycles. The summed E-state index contributed by atoms with van der Waals surface area (Å²) >= 11 is 0. The van der Waals surface area contributed by atoms with Gasteiger partial charge in [-0.25, -0.2) is 8.78 Å². The average molecular weight is 296 g/mol. The maximum Gasteiger partial charge on any atom is 0.247 e. The van der Waals surface area contributed by atoms with Crippen molar-refractivity contribution < 1.29 is 18.4 Å². The predicted octanol–water partition coefficient (Wildman–Crippen LogP) is 2.15. The second kappa shape index (κ2) is 5.89. The summed E-state index contributed by atoms with van der Waals surface area (Å²) in [6.45, 7) is 5.06. The number of nitrogens with zero attached hydrogens (tertiary/aromatic N) is 1. The van der Waals surface area contributed by atoms with Crippen molar-refractivity contribution in [2.24, 2.45) is 0 Å². The molecule has 2 unspecified atom stereocenters. The lowest BCUT2D eigenvalue weighted by molar-refractivity contribution is -0.140.